The minimum Gasteiger partial charge on any atom is -0.496 e. The quantitative estimate of drug-likeness (QED) is 0.0835. The topological polar surface area (TPSA) is 95.4 Å². The molecule has 1 aliphatic heterocycles. The van der Waals surface area contributed by atoms with E-state index < -0.39 is 5.97 Å². The Morgan fingerprint density at radius 1 is 1.04 bits per heavy atom. The SMILES string of the molecule is [C-]#[N+]C1=C(C(=O)OC2C(C)CC(C)CC2C)c2nc(-c3cc(OCCCCCCCC)ccc3OC)nn2/C1=N/c1ccc(N(CC)CC)s1. The molecule has 2 aliphatic rings. The van der Waals surface area contributed by atoms with Crippen LogP contribution >= 0.6 is 11.3 Å². The second-order valence-corrected chi connectivity index (χ2v) is 14.6. The number of fused-ring (bicyclic) bond motifs is 1. The van der Waals surface area contributed by atoms with Crippen molar-refractivity contribution in [2.75, 3.05) is 31.7 Å². The minimum absolute atomic E-state index is 0.0850. The number of carbonyl (C=O) groups is 1. The third-order valence-electron chi connectivity index (χ3n) is 9.76. The van der Waals surface area contributed by atoms with Crippen LogP contribution in [-0.4, -0.2) is 59.5 Å². The van der Waals surface area contributed by atoms with Gasteiger partial charge in [0.05, 0.1) is 30.9 Å². The smallest absolute Gasteiger partial charge is 0.331 e. The van der Waals surface area contributed by atoms with E-state index in [2.05, 4.69) is 51.3 Å². The van der Waals surface area contributed by atoms with E-state index in [1.165, 1.54) is 41.7 Å². The number of methoxy groups -OCH3 is 1. The van der Waals surface area contributed by atoms with E-state index in [0.29, 0.717) is 40.4 Å². The average molecular weight is 701 g/mol. The summed E-state index contributed by atoms with van der Waals surface area (Å²) in [6.07, 6.45) is 8.78. The Bertz CT molecular complexity index is 1720. The lowest BCUT2D eigenvalue weighted by Crippen LogP contribution is -2.37. The summed E-state index contributed by atoms with van der Waals surface area (Å²) in [5, 5.41) is 6.64. The molecule has 0 saturated heterocycles. The first-order chi connectivity index (χ1) is 24.2. The molecule has 2 unspecified atom stereocenters. The van der Waals surface area contributed by atoms with Crippen molar-refractivity contribution >= 4 is 38.7 Å². The second kappa shape index (κ2) is 17.2. The standard InChI is InChI=1S/C39H52N6O4S/c1-9-12-13-14-15-16-21-48-28-17-18-30(47-8)29(24-28)36-42-37-33(39(46)49-35-26(5)22-25(4)23-27(35)6)34(40-7)38(45(37)43-36)41-31-19-20-32(50-31)44(10-2)11-3/h17-20,24-27,35H,9-16,21-23H2,1-6,8H3/b41-38+. The molecule has 0 bridgehead atoms. The molecule has 3 heterocycles. The lowest BCUT2D eigenvalue weighted by molar-refractivity contribution is -0.150. The van der Waals surface area contributed by atoms with Crippen molar-refractivity contribution in [1.29, 1.82) is 0 Å². The first-order valence-electron chi connectivity index (χ1n) is 18.3. The Labute approximate surface area is 301 Å². The number of anilines is 1. The highest BCUT2D eigenvalue weighted by molar-refractivity contribution is 7.19. The van der Waals surface area contributed by atoms with Crippen molar-refractivity contribution in [3.63, 3.8) is 0 Å². The molecule has 5 rings (SSSR count). The fourth-order valence-corrected chi connectivity index (χ4v) is 8.27. The van der Waals surface area contributed by atoms with E-state index in [-0.39, 0.29) is 40.9 Å². The molecule has 2 atom stereocenters. The second-order valence-electron chi connectivity index (χ2n) is 13.6. The van der Waals surface area contributed by atoms with Gasteiger partial charge < -0.3 is 19.1 Å². The summed E-state index contributed by atoms with van der Waals surface area (Å²) >= 11 is 1.53. The molecular weight excluding hydrogens is 649 g/mol. The van der Waals surface area contributed by atoms with Crippen molar-refractivity contribution in [3.8, 4) is 22.9 Å². The van der Waals surface area contributed by atoms with E-state index in [1.807, 2.05) is 30.3 Å². The molecule has 0 amide bonds. The van der Waals surface area contributed by atoms with Crippen LogP contribution in [0.5, 0.6) is 11.5 Å². The maximum absolute atomic E-state index is 14.1. The molecule has 1 fully saturated rings. The first-order valence-corrected chi connectivity index (χ1v) is 19.1. The molecule has 50 heavy (non-hydrogen) atoms. The zero-order valence-corrected chi connectivity index (χ0v) is 31.5. The normalized spacial score (nSPS) is 20.9. The molecule has 1 aromatic carbocycles. The number of esters is 1. The van der Waals surface area contributed by atoms with Crippen LogP contribution in [0.15, 0.2) is 41.0 Å². The summed E-state index contributed by atoms with van der Waals surface area (Å²) < 4.78 is 19.6. The predicted octanol–water partition coefficient (Wildman–Crippen LogP) is 9.44. The van der Waals surface area contributed by atoms with Gasteiger partial charge in [-0.2, -0.15) is 0 Å². The number of aromatic nitrogens is 3. The van der Waals surface area contributed by atoms with Gasteiger partial charge in [-0.1, -0.05) is 71.1 Å². The Hall–Kier alpha value is -4.17. The van der Waals surface area contributed by atoms with Gasteiger partial charge in [0.1, 0.15) is 28.2 Å². The maximum atomic E-state index is 14.1. The van der Waals surface area contributed by atoms with Crippen molar-refractivity contribution in [1.82, 2.24) is 14.8 Å². The summed E-state index contributed by atoms with van der Waals surface area (Å²) in [7, 11) is 1.60. The third kappa shape index (κ3) is 8.23. The number of allylic oxidation sites excluding steroid dienone is 1. The van der Waals surface area contributed by atoms with E-state index in [9.17, 15) is 4.79 Å². The first kappa shape index (κ1) is 37.1. The third-order valence-corrected chi connectivity index (χ3v) is 10.8. The van der Waals surface area contributed by atoms with Crippen molar-refractivity contribution in [2.45, 2.75) is 99.0 Å². The Morgan fingerprint density at radius 2 is 1.76 bits per heavy atom. The van der Waals surface area contributed by atoms with Crippen LogP contribution < -0.4 is 14.4 Å². The Kier molecular flexibility index (Phi) is 12.7. The number of benzene rings is 1. The van der Waals surface area contributed by atoms with Gasteiger partial charge in [-0.3, -0.25) is 0 Å². The van der Waals surface area contributed by atoms with Gasteiger partial charge in [0.15, 0.2) is 17.5 Å². The Balaban J connectivity index is 1.52. The molecule has 0 N–H and O–H groups in total. The molecule has 0 spiro atoms. The van der Waals surface area contributed by atoms with Crippen LogP contribution in [0.1, 0.15) is 98.7 Å². The number of unbranched alkanes of at least 4 members (excludes halogenated alkanes) is 5. The van der Waals surface area contributed by atoms with E-state index in [4.69, 9.17) is 35.9 Å². The highest BCUT2D eigenvalue weighted by atomic mass is 32.1. The lowest BCUT2D eigenvalue weighted by atomic mass is 9.75. The van der Waals surface area contributed by atoms with Gasteiger partial charge in [-0.05, 0) is 81.2 Å². The molecule has 11 heteroatoms. The van der Waals surface area contributed by atoms with Crippen LogP contribution in [0.25, 0.3) is 21.8 Å². The summed E-state index contributed by atoms with van der Waals surface area (Å²) in [6, 6.07) is 9.56. The zero-order chi connectivity index (χ0) is 35.8. The predicted molar refractivity (Wildman–Crippen MR) is 201 cm³/mol. The Morgan fingerprint density at radius 3 is 2.44 bits per heavy atom. The monoisotopic (exact) mass is 700 g/mol. The number of hydrogen-bond donors (Lipinski definition) is 0. The molecule has 3 aromatic rings. The average Bonchev–Trinajstić information content (AvgIpc) is 3.81. The number of hydrogen-bond acceptors (Lipinski definition) is 9. The van der Waals surface area contributed by atoms with Crippen LogP contribution in [-0.2, 0) is 9.53 Å². The van der Waals surface area contributed by atoms with Crippen molar-refractivity contribution in [2.24, 2.45) is 22.7 Å². The number of thiophene rings is 1. The molecule has 1 saturated carbocycles. The summed E-state index contributed by atoms with van der Waals surface area (Å²) in [6.45, 7) is 23.5. The number of carbonyl (C=O) groups excluding carboxylic acids is 1. The number of nitrogens with zero attached hydrogens (tertiary/aromatic N) is 6. The lowest BCUT2D eigenvalue weighted by Gasteiger charge is -2.37. The van der Waals surface area contributed by atoms with Gasteiger partial charge in [0.25, 0.3) is 0 Å². The van der Waals surface area contributed by atoms with E-state index in [1.54, 1.807) is 7.11 Å². The van der Waals surface area contributed by atoms with Gasteiger partial charge >= 0.3 is 5.97 Å². The minimum atomic E-state index is -0.572. The van der Waals surface area contributed by atoms with Crippen LogP contribution in [0.3, 0.4) is 0 Å². The van der Waals surface area contributed by atoms with Crippen LogP contribution in [0, 0.1) is 24.3 Å². The highest BCUT2D eigenvalue weighted by Gasteiger charge is 2.41. The fourth-order valence-electron chi connectivity index (χ4n) is 7.27. The summed E-state index contributed by atoms with van der Waals surface area (Å²) in [5.74, 6) is 2.48. The molecule has 268 valence electrons. The van der Waals surface area contributed by atoms with Gasteiger partial charge in [0, 0.05) is 13.1 Å². The van der Waals surface area contributed by atoms with Gasteiger partial charge in [-0.15, -0.1) is 5.10 Å². The number of rotatable bonds is 16. The summed E-state index contributed by atoms with van der Waals surface area (Å²) in [5.41, 5.74) is 0.794. The highest BCUT2D eigenvalue weighted by Crippen LogP contribution is 2.40. The van der Waals surface area contributed by atoms with Crippen molar-refractivity contribution < 1.29 is 19.0 Å². The molecule has 10 nitrogen and oxygen atoms in total. The van der Waals surface area contributed by atoms with Crippen LogP contribution in [0.4, 0.5) is 10.0 Å². The molecule has 1 aliphatic carbocycles. The van der Waals surface area contributed by atoms with Crippen molar-refractivity contribution in [3.05, 3.63) is 53.3 Å². The van der Waals surface area contributed by atoms with Gasteiger partial charge in [0.2, 0.25) is 5.70 Å². The summed E-state index contributed by atoms with van der Waals surface area (Å²) in [4.78, 5) is 30.0. The molecule has 0 radical (unpaired) electrons. The maximum Gasteiger partial charge on any atom is 0.331 e. The molecular formula is C39H52N6O4S. The largest absolute Gasteiger partial charge is 0.496 e. The number of aliphatic imine (C=N–C) groups is 1. The fraction of sp³-hybridized carbons (Fsp3) is 0.564. The van der Waals surface area contributed by atoms with E-state index >= 15 is 0 Å². The molecule has 2 aromatic heterocycles. The van der Waals surface area contributed by atoms with Crippen LogP contribution in [0.2, 0.25) is 0 Å². The van der Waals surface area contributed by atoms with E-state index in [0.717, 1.165) is 43.8 Å². The zero-order valence-electron chi connectivity index (χ0n) is 30.7. The number of ether oxygens (including phenoxy) is 3. The van der Waals surface area contributed by atoms with Gasteiger partial charge in [-0.25, -0.2) is 24.3 Å².